The second kappa shape index (κ2) is 8.14. The van der Waals surface area contributed by atoms with Crippen LogP contribution >= 0.6 is 11.3 Å². The Morgan fingerprint density at radius 2 is 1.79 bits per heavy atom. The molecule has 2 fully saturated rings. The molecule has 2 aliphatic rings. The van der Waals surface area contributed by atoms with Crippen LogP contribution in [0.25, 0.3) is 0 Å². The fourth-order valence-electron chi connectivity index (χ4n) is 3.42. The minimum absolute atomic E-state index is 0.0815. The number of anilines is 1. The molecule has 28 heavy (non-hydrogen) atoms. The van der Waals surface area contributed by atoms with Crippen molar-refractivity contribution in [3.05, 3.63) is 52.2 Å². The van der Waals surface area contributed by atoms with E-state index in [4.69, 9.17) is 0 Å². The van der Waals surface area contributed by atoms with E-state index in [1.165, 1.54) is 11.3 Å². The number of carbonyl (C=O) groups is 3. The molecule has 146 valence electrons. The first-order valence-electron chi connectivity index (χ1n) is 9.68. The normalized spacial score (nSPS) is 19.1. The lowest BCUT2D eigenvalue weighted by Crippen LogP contribution is -2.49. The number of nitrogens with one attached hydrogen (secondary N) is 2. The highest BCUT2D eigenvalue weighted by molar-refractivity contribution is 7.12. The summed E-state index contributed by atoms with van der Waals surface area (Å²) in [7, 11) is 0. The van der Waals surface area contributed by atoms with Crippen LogP contribution in [-0.2, 0) is 4.79 Å². The van der Waals surface area contributed by atoms with Crippen LogP contribution in [0.5, 0.6) is 0 Å². The molecule has 2 heterocycles. The van der Waals surface area contributed by atoms with Crippen molar-refractivity contribution >= 4 is 34.7 Å². The molecular formula is C21H23N3O3S. The van der Waals surface area contributed by atoms with Gasteiger partial charge in [-0.25, -0.2) is 0 Å². The summed E-state index contributed by atoms with van der Waals surface area (Å²) in [6, 6.07) is 10.4. The van der Waals surface area contributed by atoms with E-state index in [9.17, 15) is 14.4 Å². The number of hydrogen-bond acceptors (Lipinski definition) is 4. The first kappa shape index (κ1) is 18.7. The molecule has 1 aliphatic carbocycles. The highest BCUT2D eigenvalue weighted by Gasteiger charge is 2.33. The van der Waals surface area contributed by atoms with E-state index in [1.807, 2.05) is 11.4 Å². The summed E-state index contributed by atoms with van der Waals surface area (Å²) in [6.45, 7) is 0.592. The van der Waals surface area contributed by atoms with Crippen LogP contribution in [-0.4, -0.2) is 41.2 Å². The molecule has 0 bridgehead atoms. The summed E-state index contributed by atoms with van der Waals surface area (Å²) in [6.07, 6.45) is 4.58. The van der Waals surface area contributed by atoms with Crippen molar-refractivity contribution in [1.29, 1.82) is 0 Å². The van der Waals surface area contributed by atoms with Gasteiger partial charge < -0.3 is 15.5 Å². The van der Waals surface area contributed by atoms with E-state index in [1.54, 1.807) is 35.2 Å². The van der Waals surface area contributed by atoms with Gasteiger partial charge in [-0.2, -0.15) is 0 Å². The second-order valence-corrected chi connectivity index (χ2v) is 8.25. The number of hydrogen-bond donors (Lipinski definition) is 2. The molecule has 1 aromatic heterocycles. The summed E-state index contributed by atoms with van der Waals surface area (Å²) in [4.78, 5) is 40.0. The van der Waals surface area contributed by atoms with Crippen molar-refractivity contribution in [2.24, 2.45) is 0 Å². The van der Waals surface area contributed by atoms with E-state index < -0.39 is 6.04 Å². The molecule has 0 radical (unpaired) electrons. The minimum Gasteiger partial charge on any atom is -0.349 e. The summed E-state index contributed by atoms with van der Waals surface area (Å²) < 4.78 is 0. The van der Waals surface area contributed by atoms with Gasteiger partial charge in [0.15, 0.2) is 0 Å². The zero-order chi connectivity index (χ0) is 19.5. The summed E-state index contributed by atoms with van der Waals surface area (Å²) in [5, 5.41) is 7.71. The number of carbonyl (C=O) groups excluding carboxylic acids is 3. The molecular weight excluding hydrogens is 374 g/mol. The number of nitrogens with zero attached hydrogens (tertiary/aromatic N) is 1. The fraction of sp³-hybridized carbons (Fsp3) is 0.381. The van der Waals surface area contributed by atoms with Gasteiger partial charge in [-0.3, -0.25) is 14.4 Å². The lowest BCUT2D eigenvalue weighted by Gasteiger charge is -2.34. The van der Waals surface area contributed by atoms with Crippen LogP contribution in [0.3, 0.4) is 0 Å². The lowest BCUT2D eigenvalue weighted by molar-refractivity contribution is -0.121. The van der Waals surface area contributed by atoms with E-state index in [0.717, 1.165) is 25.7 Å². The van der Waals surface area contributed by atoms with Crippen molar-refractivity contribution in [3.8, 4) is 0 Å². The fourth-order valence-corrected chi connectivity index (χ4v) is 4.09. The average molecular weight is 398 g/mol. The van der Waals surface area contributed by atoms with E-state index in [0.29, 0.717) is 35.1 Å². The van der Waals surface area contributed by atoms with E-state index >= 15 is 0 Å². The SMILES string of the molecule is O=C(NC1CC1)c1ccc(NC(=O)C2CCCCN2C(=O)c2cccs2)cc1. The van der Waals surface area contributed by atoms with Crippen molar-refractivity contribution in [2.45, 2.75) is 44.2 Å². The maximum absolute atomic E-state index is 12.8. The van der Waals surface area contributed by atoms with Crippen LogP contribution < -0.4 is 10.6 Å². The van der Waals surface area contributed by atoms with Crippen LogP contribution in [0.4, 0.5) is 5.69 Å². The Kier molecular flexibility index (Phi) is 5.43. The third-order valence-electron chi connectivity index (χ3n) is 5.13. The van der Waals surface area contributed by atoms with Crippen molar-refractivity contribution < 1.29 is 14.4 Å². The van der Waals surface area contributed by atoms with Gasteiger partial charge in [0.25, 0.3) is 11.8 Å². The first-order chi connectivity index (χ1) is 13.6. The molecule has 6 nitrogen and oxygen atoms in total. The number of rotatable bonds is 5. The van der Waals surface area contributed by atoms with Gasteiger partial charge >= 0.3 is 0 Å². The summed E-state index contributed by atoms with van der Waals surface area (Å²) in [5.41, 5.74) is 1.21. The molecule has 1 atom stereocenters. The zero-order valence-electron chi connectivity index (χ0n) is 15.5. The smallest absolute Gasteiger partial charge is 0.264 e. The number of benzene rings is 1. The Morgan fingerprint density at radius 1 is 1.00 bits per heavy atom. The highest BCUT2D eigenvalue weighted by Crippen LogP contribution is 2.23. The largest absolute Gasteiger partial charge is 0.349 e. The topological polar surface area (TPSA) is 78.5 Å². The zero-order valence-corrected chi connectivity index (χ0v) is 16.3. The molecule has 1 saturated carbocycles. The van der Waals surface area contributed by atoms with Crippen LogP contribution in [0.15, 0.2) is 41.8 Å². The number of piperidine rings is 1. The Morgan fingerprint density at radius 3 is 2.46 bits per heavy atom. The Hall–Kier alpha value is -2.67. The molecule has 0 spiro atoms. The van der Waals surface area contributed by atoms with Crippen molar-refractivity contribution in [1.82, 2.24) is 10.2 Å². The molecule has 1 aromatic carbocycles. The van der Waals surface area contributed by atoms with Gasteiger partial charge in [0.1, 0.15) is 6.04 Å². The molecule has 7 heteroatoms. The molecule has 1 aliphatic heterocycles. The maximum atomic E-state index is 12.8. The Balaban J connectivity index is 1.41. The van der Waals surface area contributed by atoms with E-state index in [-0.39, 0.29) is 17.7 Å². The van der Waals surface area contributed by atoms with Crippen LogP contribution in [0.1, 0.15) is 52.1 Å². The summed E-state index contributed by atoms with van der Waals surface area (Å²) >= 11 is 1.39. The predicted molar refractivity (Wildman–Crippen MR) is 109 cm³/mol. The Labute approximate surface area is 167 Å². The van der Waals surface area contributed by atoms with Crippen LogP contribution in [0.2, 0.25) is 0 Å². The van der Waals surface area contributed by atoms with Gasteiger partial charge in [0.2, 0.25) is 5.91 Å². The number of likely N-dealkylation sites (tertiary alicyclic amines) is 1. The predicted octanol–water partition coefficient (Wildman–Crippen LogP) is 3.27. The molecule has 1 unspecified atom stereocenters. The molecule has 3 amide bonds. The lowest BCUT2D eigenvalue weighted by atomic mass is 10.0. The van der Waals surface area contributed by atoms with E-state index in [2.05, 4.69) is 10.6 Å². The second-order valence-electron chi connectivity index (χ2n) is 7.30. The summed E-state index contributed by atoms with van der Waals surface area (Å²) in [5.74, 6) is -0.345. The third kappa shape index (κ3) is 4.25. The average Bonchev–Trinajstić information content (AvgIpc) is 3.36. The quantitative estimate of drug-likeness (QED) is 0.813. The van der Waals surface area contributed by atoms with Crippen molar-refractivity contribution in [3.63, 3.8) is 0 Å². The highest BCUT2D eigenvalue weighted by atomic mass is 32.1. The monoisotopic (exact) mass is 397 g/mol. The van der Waals surface area contributed by atoms with Gasteiger partial charge in [-0.1, -0.05) is 6.07 Å². The minimum atomic E-state index is -0.471. The first-order valence-corrected chi connectivity index (χ1v) is 10.6. The van der Waals surface area contributed by atoms with Crippen molar-refractivity contribution in [2.75, 3.05) is 11.9 Å². The molecule has 4 rings (SSSR count). The maximum Gasteiger partial charge on any atom is 0.264 e. The Bertz CT molecular complexity index is 860. The van der Waals surface area contributed by atoms with Gasteiger partial charge in [-0.15, -0.1) is 11.3 Å². The van der Waals surface area contributed by atoms with Gasteiger partial charge in [-0.05, 0) is 67.8 Å². The molecule has 2 aromatic rings. The third-order valence-corrected chi connectivity index (χ3v) is 5.98. The standard InChI is InChI=1S/C21H23N3O3S/c25-19(22-16-10-11-16)14-6-8-15(9-7-14)23-20(26)17-4-1-2-12-24(17)21(27)18-5-3-13-28-18/h3,5-9,13,16-17H,1-2,4,10-12H2,(H,22,25)(H,23,26). The molecule has 2 N–H and O–H groups in total. The molecule has 1 saturated heterocycles. The number of amides is 3. The van der Waals surface area contributed by atoms with Crippen LogP contribution in [0, 0.1) is 0 Å². The van der Waals surface area contributed by atoms with Gasteiger partial charge in [0, 0.05) is 23.8 Å². The number of thiophene rings is 1. The van der Waals surface area contributed by atoms with Gasteiger partial charge in [0.05, 0.1) is 4.88 Å².